The van der Waals surface area contributed by atoms with Crippen molar-refractivity contribution in [2.24, 2.45) is 5.92 Å². The van der Waals surface area contributed by atoms with Crippen molar-refractivity contribution in [2.75, 3.05) is 0 Å². The molecule has 2 aromatic rings. The molecule has 3 atom stereocenters. The van der Waals surface area contributed by atoms with Crippen LogP contribution in [-0.4, -0.2) is 22.6 Å². The summed E-state index contributed by atoms with van der Waals surface area (Å²) in [7, 11) is 0. The van der Waals surface area contributed by atoms with E-state index in [0.717, 1.165) is 31.2 Å². The molecule has 2 N–H and O–H groups in total. The molecule has 0 heterocycles. The summed E-state index contributed by atoms with van der Waals surface area (Å²) in [6.07, 6.45) is -19.6. The van der Waals surface area contributed by atoms with Gasteiger partial charge in [0.15, 0.2) is 6.10 Å². The lowest BCUT2D eigenvalue weighted by atomic mass is 9.91. The predicted molar refractivity (Wildman–Crippen MR) is 89.6 cm³/mol. The lowest BCUT2D eigenvalue weighted by molar-refractivity contribution is -0.366. The van der Waals surface area contributed by atoms with Crippen LogP contribution in [0.25, 0.3) is 11.1 Å². The molecular formula is C19H15F9O3. The number of rotatable bonds is 5. The highest BCUT2D eigenvalue weighted by Crippen LogP contribution is 2.39. The van der Waals surface area contributed by atoms with Gasteiger partial charge in [-0.3, -0.25) is 5.26 Å². The second-order valence-electron chi connectivity index (χ2n) is 6.79. The van der Waals surface area contributed by atoms with Crippen LogP contribution in [0.4, 0.5) is 39.5 Å². The van der Waals surface area contributed by atoms with Crippen LogP contribution >= 0.6 is 0 Å². The van der Waals surface area contributed by atoms with E-state index in [-0.39, 0.29) is 17.2 Å². The van der Waals surface area contributed by atoms with E-state index in [4.69, 9.17) is 5.26 Å². The second-order valence-corrected chi connectivity index (χ2v) is 6.79. The molecule has 2 aromatic carbocycles. The molecule has 2 rings (SSSR count). The quantitative estimate of drug-likeness (QED) is 0.304. The van der Waals surface area contributed by atoms with Gasteiger partial charge in [0, 0.05) is 5.92 Å². The number of alkyl halides is 9. The molecule has 0 fully saturated rings. The van der Waals surface area contributed by atoms with Crippen molar-refractivity contribution in [2.45, 2.75) is 37.7 Å². The summed E-state index contributed by atoms with van der Waals surface area (Å²) in [5, 5.41) is 18.6. The maximum Gasteiger partial charge on any atom is 0.418 e. The monoisotopic (exact) mass is 462 g/mol. The molecule has 0 aromatic heterocycles. The molecule has 3 nitrogen and oxygen atoms in total. The summed E-state index contributed by atoms with van der Waals surface area (Å²) in [6.45, 7) is 0.940. The van der Waals surface area contributed by atoms with E-state index < -0.39 is 53.3 Å². The smallest absolute Gasteiger partial charge is 0.388 e. The van der Waals surface area contributed by atoms with Crippen LogP contribution in [0.1, 0.15) is 29.7 Å². The average Bonchev–Trinajstić information content (AvgIpc) is 2.65. The van der Waals surface area contributed by atoms with Gasteiger partial charge in [-0.05, 0) is 34.9 Å². The van der Waals surface area contributed by atoms with Crippen LogP contribution in [-0.2, 0) is 17.2 Å². The third-order valence-electron chi connectivity index (χ3n) is 4.58. The minimum Gasteiger partial charge on any atom is -0.388 e. The number of aliphatic hydroxyl groups excluding tert-OH is 1. The maximum atomic E-state index is 13.0. The zero-order chi connectivity index (χ0) is 23.8. The van der Waals surface area contributed by atoms with Crippen molar-refractivity contribution in [3.8, 4) is 11.1 Å². The Morgan fingerprint density at radius 2 is 1.19 bits per heavy atom. The van der Waals surface area contributed by atoms with E-state index in [1.54, 1.807) is 0 Å². The molecule has 0 aliphatic carbocycles. The van der Waals surface area contributed by atoms with Crippen LogP contribution in [0.15, 0.2) is 42.5 Å². The maximum absolute atomic E-state index is 13.0. The summed E-state index contributed by atoms with van der Waals surface area (Å²) >= 11 is 0. The van der Waals surface area contributed by atoms with Gasteiger partial charge in [-0.2, -0.15) is 39.5 Å². The van der Waals surface area contributed by atoms with E-state index in [1.807, 2.05) is 0 Å². The molecule has 0 saturated heterocycles. The third kappa shape index (κ3) is 5.89. The zero-order valence-corrected chi connectivity index (χ0v) is 15.5. The summed E-state index contributed by atoms with van der Waals surface area (Å²) in [4.78, 5) is 3.40. The normalized spacial score (nSPS) is 16.1. The van der Waals surface area contributed by atoms with Crippen LogP contribution in [0.3, 0.4) is 0 Å². The topological polar surface area (TPSA) is 49.7 Å². The number of benzene rings is 2. The highest BCUT2D eigenvalue weighted by molar-refractivity contribution is 5.66. The highest BCUT2D eigenvalue weighted by Gasteiger charge is 2.47. The van der Waals surface area contributed by atoms with Gasteiger partial charge < -0.3 is 5.11 Å². The second kappa shape index (κ2) is 8.67. The fourth-order valence-electron chi connectivity index (χ4n) is 2.92. The molecule has 12 heteroatoms. The SMILES string of the molecule is CC(C(O)c1ccc(-c2cc(C(F)(F)F)cc(C(F)(F)F)c2)cc1)C(OO)C(F)(F)F. The fourth-order valence-corrected chi connectivity index (χ4v) is 2.92. The molecule has 0 amide bonds. The van der Waals surface area contributed by atoms with Crippen molar-refractivity contribution < 1.29 is 54.8 Å². The third-order valence-corrected chi connectivity index (χ3v) is 4.58. The van der Waals surface area contributed by atoms with Gasteiger partial charge in [-0.25, -0.2) is 4.89 Å². The van der Waals surface area contributed by atoms with Gasteiger partial charge in [-0.1, -0.05) is 31.2 Å². The molecule has 0 aliphatic rings. The van der Waals surface area contributed by atoms with Gasteiger partial charge in [0.05, 0.1) is 17.2 Å². The zero-order valence-electron chi connectivity index (χ0n) is 15.5. The van der Waals surface area contributed by atoms with Crippen LogP contribution in [0.5, 0.6) is 0 Å². The van der Waals surface area contributed by atoms with Crippen LogP contribution < -0.4 is 0 Å². The minimum absolute atomic E-state index is 0.0323. The van der Waals surface area contributed by atoms with Crippen molar-refractivity contribution in [3.63, 3.8) is 0 Å². The van der Waals surface area contributed by atoms with Gasteiger partial charge >= 0.3 is 18.5 Å². The first-order chi connectivity index (χ1) is 14.1. The van der Waals surface area contributed by atoms with Gasteiger partial charge in [0.1, 0.15) is 0 Å². The molecule has 0 bridgehead atoms. The van der Waals surface area contributed by atoms with Crippen molar-refractivity contribution in [3.05, 3.63) is 59.2 Å². The molecular weight excluding hydrogens is 447 g/mol. The van der Waals surface area contributed by atoms with Crippen molar-refractivity contribution >= 4 is 0 Å². The summed E-state index contributed by atoms with van der Waals surface area (Å²) in [6, 6.07) is 5.19. The Bertz CT molecular complexity index is 854. The lowest BCUT2D eigenvalue weighted by Crippen LogP contribution is -2.39. The van der Waals surface area contributed by atoms with E-state index in [0.29, 0.717) is 12.1 Å². The fraction of sp³-hybridized carbons (Fsp3) is 0.368. The molecule has 0 saturated carbocycles. The summed E-state index contributed by atoms with van der Waals surface area (Å²) in [5.74, 6) is -1.68. The Morgan fingerprint density at radius 3 is 1.55 bits per heavy atom. The van der Waals surface area contributed by atoms with E-state index in [2.05, 4.69) is 4.89 Å². The molecule has 0 radical (unpaired) electrons. The van der Waals surface area contributed by atoms with Crippen molar-refractivity contribution in [1.29, 1.82) is 0 Å². The van der Waals surface area contributed by atoms with E-state index in [1.165, 1.54) is 0 Å². The Morgan fingerprint density at radius 1 is 0.742 bits per heavy atom. The minimum atomic E-state index is -5.04. The highest BCUT2D eigenvalue weighted by atomic mass is 19.4. The molecule has 172 valence electrons. The summed E-state index contributed by atoms with van der Waals surface area (Å²) < 4.78 is 116. The summed E-state index contributed by atoms with van der Waals surface area (Å²) in [5.41, 5.74) is -3.69. The van der Waals surface area contributed by atoms with Crippen molar-refractivity contribution in [1.82, 2.24) is 0 Å². The van der Waals surface area contributed by atoms with E-state index in [9.17, 15) is 44.6 Å². The standard InChI is InChI=1S/C19H15F9O3/c1-9(16(31-30)19(26,27)28)15(29)11-4-2-10(3-5-11)12-6-13(17(20,21)22)8-14(7-12)18(23,24)25/h2-9,15-16,29-30H,1H3. The number of hydrogen-bond donors (Lipinski definition) is 2. The first-order valence-corrected chi connectivity index (χ1v) is 8.50. The number of aliphatic hydroxyl groups is 1. The van der Waals surface area contributed by atoms with Gasteiger partial charge in [0.2, 0.25) is 0 Å². The Hall–Kier alpha value is -2.31. The Labute approximate surface area is 169 Å². The molecule has 3 unspecified atom stereocenters. The largest absolute Gasteiger partial charge is 0.418 e. The first kappa shape index (κ1) is 25.0. The van der Waals surface area contributed by atoms with Gasteiger partial charge in [-0.15, -0.1) is 0 Å². The van der Waals surface area contributed by atoms with Gasteiger partial charge in [0.25, 0.3) is 0 Å². The van der Waals surface area contributed by atoms with Crippen LogP contribution in [0.2, 0.25) is 0 Å². The first-order valence-electron chi connectivity index (χ1n) is 8.50. The Balaban J connectivity index is 2.41. The lowest BCUT2D eigenvalue weighted by Gasteiger charge is -2.27. The van der Waals surface area contributed by atoms with E-state index >= 15 is 0 Å². The Kier molecular flexibility index (Phi) is 6.98. The molecule has 0 spiro atoms. The average molecular weight is 462 g/mol. The number of halogens is 9. The number of hydrogen-bond acceptors (Lipinski definition) is 3. The van der Waals surface area contributed by atoms with Crippen LogP contribution in [0, 0.1) is 5.92 Å². The predicted octanol–water partition coefficient (Wildman–Crippen LogP) is 6.48. The molecule has 0 aliphatic heterocycles. The molecule has 31 heavy (non-hydrogen) atoms.